The molecule has 84 valence electrons. The number of ether oxygens (including phenoxy) is 1. The summed E-state index contributed by atoms with van der Waals surface area (Å²) in [6.07, 6.45) is 3.60. The molecule has 0 aromatic heterocycles. The van der Waals surface area contributed by atoms with Gasteiger partial charge in [-0.2, -0.15) is 0 Å². The van der Waals surface area contributed by atoms with E-state index in [1.807, 2.05) is 13.8 Å². The van der Waals surface area contributed by atoms with E-state index in [-0.39, 0.29) is 5.97 Å². The molecule has 0 spiro atoms. The van der Waals surface area contributed by atoms with Crippen LogP contribution in [0.3, 0.4) is 0 Å². The highest BCUT2D eigenvalue weighted by Crippen LogP contribution is 2.46. The van der Waals surface area contributed by atoms with Gasteiger partial charge in [-0.15, -0.1) is 5.73 Å². The molecule has 1 aliphatic rings. The summed E-state index contributed by atoms with van der Waals surface area (Å²) in [7, 11) is 1.41. The maximum Gasteiger partial charge on any atom is 0.317 e. The first-order valence-electron chi connectivity index (χ1n) is 5.21. The lowest BCUT2D eigenvalue weighted by Gasteiger charge is -2.23. The highest BCUT2D eigenvalue weighted by Gasteiger charge is 2.45. The van der Waals surface area contributed by atoms with Crippen LogP contribution in [-0.2, 0) is 9.53 Å². The van der Waals surface area contributed by atoms with Gasteiger partial charge in [0.2, 0.25) is 0 Å². The van der Waals surface area contributed by atoms with Crippen molar-refractivity contribution in [2.24, 2.45) is 5.41 Å². The molecule has 0 heterocycles. The second-order valence-corrected chi connectivity index (χ2v) is 4.60. The Morgan fingerprint density at radius 2 is 1.87 bits per heavy atom. The number of carbonyl (C=O) groups is 1. The summed E-state index contributed by atoms with van der Waals surface area (Å²) in [5, 5.41) is 0.506. The van der Waals surface area contributed by atoms with E-state index in [9.17, 15) is 4.79 Å². The third kappa shape index (κ3) is 2.45. The van der Waals surface area contributed by atoms with Crippen molar-refractivity contribution in [3.8, 4) is 0 Å². The number of hydrogen-bond acceptors (Lipinski definition) is 2. The molecule has 0 saturated heterocycles. The molecule has 0 unspecified atom stereocenters. The maximum atomic E-state index is 11.8. The molecule has 0 aromatic rings. The number of halogens is 1. The van der Waals surface area contributed by atoms with Crippen molar-refractivity contribution in [3.05, 3.63) is 16.3 Å². The van der Waals surface area contributed by atoms with E-state index in [0.717, 1.165) is 31.3 Å². The summed E-state index contributed by atoms with van der Waals surface area (Å²) >= 11 is 6.20. The Morgan fingerprint density at radius 3 is 2.27 bits per heavy atom. The highest BCUT2D eigenvalue weighted by molar-refractivity contribution is 6.31. The fraction of sp³-hybridized carbons (Fsp3) is 0.667. The topological polar surface area (TPSA) is 26.3 Å². The molecule has 15 heavy (non-hydrogen) atoms. The van der Waals surface area contributed by atoms with Crippen LogP contribution >= 0.6 is 11.6 Å². The van der Waals surface area contributed by atoms with Crippen LogP contribution in [0.15, 0.2) is 16.3 Å². The van der Waals surface area contributed by atoms with Crippen LogP contribution < -0.4 is 0 Å². The minimum absolute atomic E-state index is 0.223. The molecule has 0 aliphatic heterocycles. The zero-order valence-corrected chi connectivity index (χ0v) is 10.3. The van der Waals surface area contributed by atoms with Crippen LogP contribution in [0.5, 0.6) is 0 Å². The third-order valence-corrected chi connectivity index (χ3v) is 3.27. The number of carbonyl (C=O) groups excluding carboxylic acids is 1. The van der Waals surface area contributed by atoms with Crippen LogP contribution in [0.4, 0.5) is 0 Å². The highest BCUT2D eigenvalue weighted by atomic mass is 35.5. The third-order valence-electron chi connectivity index (χ3n) is 2.81. The van der Waals surface area contributed by atoms with Gasteiger partial charge in [0.15, 0.2) is 0 Å². The molecular weight excluding hydrogens is 212 g/mol. The van der Waals surface area contributed by atoms with E-state index < -0.39 is 5.41 Å². The van der Waals surface area contributed by atoms with Crippen molar-refractivity contribution in [2.75, 3.05) is 7.11 Å². The van der Waals surface area contributed by atoms with Gasteiger partial charge in [-0.1, -0.05) is 24.4 Å². The van der Waals surface area contributed by atoms with Crippen LogP contribution in [0.1, 0.15) is 39.5 Å². The van der Waals surface area contributed by atoms with Crippen molar-refractivity contribution in [2.45, 2.75) is 39.5 Å². The summed E-state index contributed by atoms with van der Waals surface area (Å²) < 4.78 is 4.85. The van der Waals surface area contributed by atoms with E-state index in [1.165, 1.54) is 7.11 Å². The second-order valence-electron chi connectivity index (χ2n) is 4.22. The van der Waals surface area contributed by atoms with Gasteiger partial charge in [0.1, 0.15) is 5.41 Å². The van der Waals surface area contributed by atoms with E-state index in [0.29, 0.717) is 5.03 Å². The fourth-order valence-corrected chi connectivity index (χ4v) is 2.48. The lowest BCUT2D eigenvalue weighted by atomic mass is 9.85. The predicted molar refractivity (Wildman–Crippen MR) is 60.7 cm³/mol. The van der Waals surface area contributed by atoms with Crippen LogP contribution in [-0.4, -0.2) is 13.1 Å². The first-order chi connectivity index (χ1) is 7.03. The quantitative estimate of drug-likeness (QED) is 0.535. The molecule has 1 aliphatic carbocycles. The van der Waals surface area contributed by atoms with Gasteiger partial charge >= 0.3 is 5.97 Å². The molecule has 1 rings (SSSR count). The van der Waals surface area contributed by atoms with Gasteiger partial charge in [0.25, 0.3) is 0 Å². The fourth-order valence-electron chi connectivity index (χ4n) is 2.03. The first-order valence-corrected chi connectivity index (χ1v) is 5.59. The summed E-state index contributed by atoms with van der Waals surface area (Å²) in [6.45, 7) is 3.84. The minimum atomic E-state index is -0.617. The van der Waals surface area contributed by atoms with Gasteiger partial charge in [-0.3, -0.25) is 4.79 Å². The number of rotatable bonds is 2. The van der Waals surface area contributed by atoms with Crippen LogP contribution in [0.25, 0.3) is 0 Å². The van der Waals surface area contributed by atoms with Crippen molar-refractivity contribution < 1.29 is 9.53 Å². The van der Waals surface area contributed by atoms with Gasteiger partial charge in [-0.05, 0) is 32.3 Å². The van der Waals surface area contributed by atoms with Crippen molar-refractivity contribution in [3.63, 3.8) is 0 Å². The Bertz CT molecular complexity index is 315. The smallest absolute Gasteiger partial charge is 0.317 e. The lowest BCUT2D eigenvalue weighted by molar-refractivity contribution is -0.149. The van der Waals surface area contributed by atoms with Crippen molar-refractivity contribution in [1.29, 1.82) is 0 Å². The average Bonchev–Trinajstić information content (AvgIpc) is 2.65. The van der Waals surface area contributed by atoms with Crippen molar-refractivity contribution >= 4 is 17.6 Å². The van der Waals surface area contributed by atoms with E-state index in [4.69, 9.17) is 16.3 Å². The normalized spacial score (nSPS) is 18.1. The maximum absolute atomic E-state index is 11.8. The number of esters is 1. The zero-order valence-electron chi connectivity index (χ0n) is 9.52. The molecular formula is C12H17ClO2. The SMILES string of the molecule is COC(=O)C1(C(Cl)=C=C(C)C)CCCC1. The first kappa shape index (κ1) is 12.4. The molecule has 0 bridgehead atoms. The molecule has 1 saturated carbocycles. The Morgan fingerprint density at radius 1 is 1.33 bits per heavy atom. The van der Waals surface area contributed by atoms with Crippen molar-refractivity contribution in [1.82, 2.24) is 0 Å². The van der Waals surface area contributed by atoms with Gasteiger partial charge in [0, 0.05) is 0 Å². The molecule has 2 nitrogen and oxygen atoms in total. The molecule has 1 fully saturated rings. The minimum Gasteiger partial charge on any atom is -0.468 e. The lowest BCUT2D eigenvalue weighted by Crippen LogP contribution is -2.29. The van der Waals surface area contributed by atoms with E-state index in [1.54, 1.807) is 0 Å². The summed E-state index contributed by atoms with van der Waals surface area (Å²) in [6, 6.07) is 0. The Hall–Kier alpha value is -0.720. The molecule has 0 radical (unpaired) electrons. The van der Waals surface area contributed by atoms with Gasteiger partial charge in [-0.25, -0.2) is 0 Å². The molecule has 0 aromatic carbocycles. The molecule has 0 N–H and O–H groups in total. The molecule has 3 heteroatoms. The summed E-state index contributed by atoms with van der Waals surface area (Å²) in [4.78, 5) is 11.8. The Kier molecular flexibility index (Phi) is 4.01. The molecule has 0 amide bonds. The Labute approximate surface area is 95.9 Å². The van der Waals surface area contributed by atoms with Crippen LogP contribution in [0, 0.1) is 5.41 Å². The van der Waals surface area contributed by atoms with E-state index in [2.05, 4.69) is 5.73 Å². The Balaban J connectivity index is 3.13. The second kappa shape index (κ2) is 4.87. The van der Waals surface area contributed by atoms with Gasteiger partial charge in [0.05, 0.1) is 12.1 Å². The standard InChI is InChI=1S/C12H17ClO2/c1-9(2)8-10(13)12(11(14)15-3)6-4-5-7-12/h4-7H2,1-3H3. The number of hydrogen-bond donors (Lipinski definition) is 0. The van der Waals surface area contributed by atoms with Crippen LogP contribution in [0.2, 0.25) is 0 Å². The molecule has 0 atom stereocenters. The summed E-state index contributed by atoms with van der Waals surface area (Å²) in [5.74, 6) is -0.223. The largest absolute Gasteiger partial charge is 0.468 e. The zero-order chi connectivity index (χ0) is 11.5. The van der Waals surface area contributed by atoms with Gasteiger partial charge < -0.3 is 4.74 Å². The summed E-state index contributed by atoms with van der Waals surface area (Å²) in [5.41, 5.74) is 3.40. The average molecular weight is 229 g/mol. The number of methoxy groups -OCH3 is 1. The monoisotopic (exact) mass is 228 g/mol. The predicted octanol–water partition coefficient (Wildman–Crippen LogP) is 3.41. The van der Waals surface area contributed by atoms with E-state index >= 15 is 0 Å².